The molecule has 1 amide bonds. The van der Waals surface area contributed by atoms with Gasteiger partial charge in [0.05, 0.1) is 0 Å². The van der Waals surface area contributed by atoms with Crippen LogP contribution in [0.1, 0.15) is 32.8 Å². The topological polar surface area (TPSA) is 58.6 Å². The van der Waals surface area contributed by atoms with Gasteiger partial charge in [-0.2, -0.15) is 0 Å². The minimum Gasteiger partial charge on any atom is -0.508 e. The number of carbonyl (C=O) groups excluding carboxylic acids is 1. The van der Waals surface area contributed by atoms with Gasteiger partial charge >= 0.3 is 6.09 Å². The molecule has 0 saturated carbocycles. The lowest BCUT2D eigenvalue weighted by atomic mass is 10.2. The summed E-state index contributed by atoms with van der Waals surface area (Å²) in [6.07, 6.45) is 0.110. The molecule has 0 radical (unpaired) electrons. The van der Waals surface area contributed by atoms with Crippen molar-refractivity contribution in [1.82, 2.24) is 5.32 Å². The summed E-state index contributed by atoms with van der Waals surface area (Å²) in [5.74, 6) is 6.10. The van der Waals surface area contributed by atoms with E-state index in [0.717, 1.165) is 5.56 Å². The van der Waals surface area contributed by atoms with E-state index in [1.54, 1.807) is 24.3 Å². The van der Waals surface area contributed by atoms with Gasteiger partial charge in [-0.15, -0.1) is 0 Å². The first-order valence-electron chi connectivity index (χ1n) is 6.11. The van der Waals surface area contributed by atoms with Gasteiger partial charge in [-0.05, 0) is 45.0 Å². The molecular weight excluding hydrogens is 242 g/mol. The number of nitrogens with one attached hydrogen (secondary N) is 1. The molecule has 0 aromatic heterocycles. The summed E-state index contributed by atoms with van der Waals surface area (Å²) in [4.78, 5) is 11.3. The average Bonchev–Trinajstić information content (AvgIpc) is 2.29. The van der Waals surface area contributed by atoms with E-state index in [-0.39, 0.29) is 5.75 Å². The summed E-state index contributed by atoms with van der Waals surface area (Å²) >= 11 is 0. The molecule has 0 atom stereocenters. The third-order valence-corrected chi connectivity index (χ3v) is 2.02. The molecule has 2 N–H and O–H groups in total. The van der Waals surface area contributed by atoms with Crippen molar-refractivity contribution in [3.05, 3.63) is 29.8 Å². The number of phenols is 1. The predicted octanol–water partition coefficient (Wildman–Crippen LogP) is 2.66. The number of phenolic OH excluding ortho intramolecular Hbond substituents is 1. The second-order valence-corrected chi connectivity index (χ2v) is 5.03. The van der Waals surface area contributed by atoms with E-state index in [0.29, 0.717) is 13.0 Å². The summed E-state index contributed by atoms with van der Waals surface area (Å²) in [5, 5.41) is 11.7. The van der Waals surface area contributed by atoms with Gasteiger partial charge in [-0.1, -0.05) is 11.8 Å². The van der Waals surface area contributed by atoms with Gasteiger partial charge < -0.3 is 15.2 Å². The summed E-state index contributed by atoms with van der Waals surface area (Å²) in [6.45, 7) is 5.89. The smallest absolute Gasteiger partial charge is 0.407 e. The Labute approximate surface area is 113 Å². The Morgan fingerprint density at radius 3 is 2.53 bits per heavy atom. The minimum absolute atomic E-state index is 0.220. The van der Waals surface area contributed by atoms with Crippen molar-refractivity contribution < 1.29 is 14.6 Å². The van der Waals surface area contributed by atoms with Crippen LogP contribution in [0.4, 0.5) is 4.79 Å². The molecule has 4 heteroatoms. The van der Waals surface area contributed by atoms with Crippen LogP contribution in [-0.4, -0.2) is 23.3 Å². The highest BCUT2D eigenvalue weighted by molar-refractivity contribution is 5.67. The van der Waals surface area contributed by atoms with Crippen LogP contribution in [0.5, 0.6) is 5.75 Å². The van der Waals surface area contributed by atoms with Crippen molar-refractivity contribution in [3.8, 4) is 17.6 Å². The largest absolute Gasteiger partial charge is 0.508 e. The fraction of sp³-hybridized carbons (Fsp3) is 0.400. The molecule has 0 spiro atoms. The fourth-order valence-electron chi connectivity index (χ4n) is 1.25. The molecule has 1 aromatic rings. The van der Waals surface area contributed by atoms with Crippen molar-refractivity contribution >= 4 is 6.09 Å². The molecule has 1 aromatic carbocycles. The van der Waals surface area contributed by atoms with E-state index < -0.39 is 11.7 Å². The van der Waals surface area contributed by atoms with Crippen LogP contribution in [0.2, 0.25) is 0 Å². The summed E-state index contributed by atoms with van der Waals surface area (Å²) < 4.78 is 5.09. The molecule has 0 aliphatic rings. The maximum Gasteiger partial charge on any atom is 0.407 e. The second kappa shape index (κ2) is 6.69. The standard InChI is InChI=1S/C15H19NO3/c1-15(2,3)19-14(18)16-11-5-4-6-12-7-9-13(17)10-8-12/h7-10,17H,5,11H2,1-3H3,(H,16,18). The maximum atomic E-state index is 11.3. The molecule has 0 aliphatic heterocycles. The third kappa shape index (κ3) is 6.99. The van der Waals surface area contributed by atoms with Gasteiger partial charge in [-0.25, -0.2) is 4.79 Å². The Hall–Kier alpha value is -2.15. The quantitative estimate of drug-likeness (QED) is 0.635. The highest BCUT2D eigenvalue weighted by Crippen LogP contribution is 2.08. The van der Waals surface area contributed by atoms with Crippen molar-refractivity contribution in [2.24, 2.45) is 0 Å². The Balaban J connectivity index is 2.28. The van der Waals surface area contributed by atoms with E-state index in [1.165, 1.54) is 0 Å². The Morgan fingerprint density at radius 2 is 1.95 bits per heavy atom. The van der Waals surface area contributed by atoms with Gasteiger partial charge in [0.1, 0.15) is 11.4 Å². The highest BCUT2D eigenvalue weighted by atomic mass is 16.6. The zero-order valence-electron chi connectivity index (χ0n) is 11.5. The van der Waals surface area contributed by atoms with Crippen LogP contribution in [0.15, 0.2) is 24.3 Å². The van der Waals surface area contributed by atoms with Crippen molar-refractivity contribution in [3.63, 3.8) is 0 Å². The molecule has 0 aliphatic carbocycles. The molecule has 0 heterocycles. The molecule has 1 rings (SSSR count). The highest BCUT2D eigenvalue weighted by Gasteiger charge is 2.15. The van der Waals surface area contributed by atoms with Gasteiger partial charge in [0.2, 0.25) is 0 Å². The fourth-order valence-corrected chi connectivity index (χ4v) is 1.25. The van der Waals surface area contributed by atoms with Crippen LogP contribution in [0, 0.1) is 11.8 Å². The van der Waals surface area contributed by atoms with Crippen molar-refractivity contribution in [2.75, 3.05) is 6.54 Å². The molecule has 4 nitrogen and oxygen atoms in total. The number of alkyl carbamates (subject to hydrolysis) is 1. The van der Waals surface area contributed by atoms with E-state index in [9.17, 15) is 4.79 Å². The first kappa shape index (κ1) is 14.9. The van der Waals surface area contributed by atoms with E-state index in [4.69, 9.17) is 9.84 Å². The monoisotopic (exact) mass is 261 g/mol. The number of hydrogen-bond acceptors (Lipinski definition) is 3. The zero-order valence-corrected chi connectivity index (χ0v) is 11.5. The molecule has 0 unspecified atom stereocenters. The number of ether oxygens (including phenoxy) is 1. The van der Waals surface area contributed by atoms with E-state index in [2.05, 4.69) is 17.2 Å². The summed E-state index contributed by atoms with van der Waals surface area (Å²) in [6, 6.07) is 6.65. The number of aromatic hydroxyl groups is 1. The lowest BCUT2D eigenvalue weighted by Gasteiger charge is -2.19. The van der Waals surface area contributed by atoms with Crippen LogP contribution < -0.4 is 5.32 Å². The first-order valence-corrected chi connectivity index (χ1v) is 6.11. The minimum atomic E-state index is -0.484. The molecule has 102 valence electrons. The van der Waals surface area contributed by atoms with E-state index >= 15 is 0 Å². The maximum absolute atomic E-state index is 11.3. The van der Waals surface area contributed by atoms with Crippen LogP contribution in [0.25, 0.3) is 0 Å². The van der Waals surface area contributed by atoms with Gasteiger partial charge in [-0.3, -0.25) is 0 Å². The number of rotatable bonds is 2. The average molecular weight is 261 g/mol. The Bertz CT molecular complexity index is 475. The first-order chi connectivity index (χ1) is 8.87. The Kier molecular flexibility index (Phi) is 5.25. The normalized spacial score (nSPS) is 10.3. The van der Waals surface area contributed by atoms with E-state index in [1.807, 2.05) is 20.8 Å². The van der Waals surface area contributed by atoms with Gasteiger partial charge in [0, 0.05) is 18.5 Å². The van der Waals surface area contributed by atoms with Crippen LogP contribution in [-0.2, 0) is 4.74 Å². The van der Waals surface area contributed by atoms with Crippen LogP contribution >= 0.6 is 0 Å². The number of benzene rings is 1. The molecule has 0 bridgehead atoms. The lowest BCUT2D eigenvalue weighted by molar-refractivity contribution is 0.0529. The molecule has 0 saturated heterocycles. The number of amides is 1. The van der Waals surface area contributed by atoms with Crippen molar-refractivity contribution in [1.29, 1.82) is 0 Å². The Morgan fingerprint density at radius 1 is 1.32 bits per heavy atom. The SMILES string of the molecule is CC(C)(C)OC(=O)NCCC#Cc1ccc(O)cc1. The van der Waals surface area contributed by atoms with Gasteiger partial charge in [0.25, 0.3) is 0 Å². The van der Waals surface area contributed by atoms with Crippen molar-refractivity contribution in [2.45, 2.75) is 32.8 Å². The molecule has 19 heavy (non-hydrogen) atoms. The van der Waals surface area contributed by atoms with Crippen LogP contribution in [0.3, 0.4) is 0 Å². The lowest BCUT2D eigenvalue weighted by Crippen LogP contribution is -2.32. The molecule has 0 fully saturated rings. The summed E-state index contributed by atoms with van der Waals surface area (Å²) in [5.41, 5.74) is 0.344. The van der Waals surface area contributed by atoms with Gasteiger partial charge in [0.15, 0.2) is 0 Å². The number of carbonyl (C=O) groups is 1. The number of hydrogen-bond donors (Lipinski definition) is 2. The second-order valence-electron chi connectivity index (χ2n) is 5.03. The predicted molar refractivity (Wildman–Crippen MR) is 73.8 cm³/mol. The third-order valence-electron chi connectivity index (χ3n) is 2.02. The molecular formula is C15H19NO3. The zero-order chi connectivity index (χ0) is 14.3. The summed E-state index contributed by atoms with van der Waals surface area (Å²) in [7, 11) is 0.